The average Bonchev–Trinajstić information content (AvgIpc) is 2.30. The van der Waals surface area contributed by atoms with Gasteiger partial charge >= 0.3 is 12.3 Å². The van der Waals surface area contributed by atoms with Crippen molar-refractivity contribution in [3.63, 3.8) is 0 Å². The van der Waals surface area contributed by atoms with Crippen LogP contribution in [0.1, 0.15) is 18.9 Å². The van der Waals surface area contributed by atoms with E-state index in [2.05, 4.69) is 20.7 Å². The average molecular weight is 370 g/mol. The molecule has 0 aliphatic carbocycles. The first kappa shape index (κ1) is 17.8. The Labute approximate surface area is 128 Å². The Hall–Kier alpha value is -1.28. The van der Waals surface area contributed by atoms with Gasteiger partial charge in [0.2, 0.25) is 0 Å². The van der Waals surface area contributed by atoms with Gasteiger partial charge < -0.3 is 9.84 Å². The van der Waals surface area contributed by atoms with Crippen molar-refractivity contribution < 1.29 is 27.8 Å². The monoisotopic (exact) mass is 369 g/mol. The number of carbonyl (C=O) groups is 1. The summed E-state index contributed by atoms with van der Waals surface area (Å²) in [4.78, 5) is 12.5. The van der Waals surface area contributed by atoms with E-state index in [0.29, 0.717) is 18.7 Å². The second kappa shape index (κ2) is 7.65. The van der Waals surface area contributed by atoms with Crippen molar-refractivity contribution in [1.82, 2.24) is 4.90 Å². The lowest BCUT2D eigenvalue weighted by Gasteiger charge is -2.20. The molecule has 0 radical (unpaired) electrons. The van der Waals surface area contributed by atoms with Gasteiger partial charge in [-0.1, -0.05) is 13.0 Å². The van der Waals surface area contributed by atoms with Gasteiger partial charge in [0.05, 0.1) is 11.0 Å². The van der Waals surface area contributed by atoms with Gasteiger partial charge in [0.15, 0.2) is 0 Å². The molecule has 0 aromatic heterocycles. The first-order chi connectivity index (χ1) is 9.71. The van der Waals surface area contributed by atoms with Crippen LogP contribution in [0.3, 0.4) is 0 Å². The van der Waals surface area contributed by atoms with Crippen molar-refractivity contribution in [1.29, 1.82) is 0 Å². The molecule has 1 aromatic rings. The third-order valence-corrected chi connectivity index (χ3v) is 3.15. The minimum atomic E-state index is -4.75. The van der Waals surface area contributed by atoms with Gasteiger partial charge in [-0.2, -0.15) is 0 Å². The molecule has 0 aliphatic rings. The largest absolute Gasteiger partial charge is 0.573 e. The fourth-order valence-electron chi connectivity index (χ4n) is 1.83. The molecule has 1 N–H and O–H groups in total. The Balaban J connectivity index is 2.80. The number of alkyl halides is 3. The molecular weight excluding hydrogens is 355 g/mol. The highest BCUT2D eigenvalue weighted by Crippen LogP contribution is 2.31. The summed E-state index contributed by atoms with van der Waals surface area (Å²) in [7, 11) is 0. The summed E-state index contributed by atoms with van der Waals surface area (Å²) >= 11 is 3.02. The maximum Gasteiger partial charge on any atom is 0.573 e. The number of hydrogen-bond acceptors (Lipinski definition) is 3. The maximum atomic E-state index is 12.2. The topological polar surface area (TPSA) is 49.8 Å². The first-order valence-electron chi connectivity index (χ1n) is 6.19. The van der Waals surface area contributed by atoms with Crippen molar-refractivity contribution in [3.8, 4) is 5.75 Å². The van der Waals surface area contributed by atoms with Gasteiger partial charge in [-0.3, -0.25) is 9.69 Å². The number of benzene rings is 1. The minimum Gasteiger partial charge on any atom is -0.480 e. The van der Waals surface area contributed by atoms with E-state index in [0.717, 1.165) is 6.42 Å². The van der Waals surface area contributed by atoms with Gasteiger partial charge in [0.25, 0.3) is 0 Å². The molecule has 8 heteroatoms. The molecule has 0 unspecified atom stereocenters. The predicted molar refractivity (Wildman–Crippen MR) is 74.0 cm³/mol. The molecule has 0 saturated heterocycles. The number of halogens is 4. The van der Waals surface area contributed by atoms with Crippen molar-refractivity contribution in [2.75, 3.05) is 13.1 Å². The third kappa shape index (κ3) is 6.81. The van der Waals surface area contributed by atoms with Gasteiger partial charge in [-0.25, -0.2) is 0 Å². The van der Waals surface area contributed by atoms with Gasteiger partial charge in [-0.05, 0) is 46.6 Å². The van der Waals surface area contributed by atoms with E-state index >= 15 is 0 Å². The van der Waals surface area contributed by atoms with Crippen LogP contribution in [-0.2, 0) is 11.3 Å². The normalized spacial score (nSPS) is 11.7. The number of carboxylic acid groups (broad SMARTS) is 1. The molecule has 0 aliphatic heterocycles. The quantitative estimate of drug-likeness (QED) is 0.796. The van der Waals surface area contributed by atoms with E-state index in [1.807, 2.05) is 6.92 Å². The van der Waals surface area contributed by atoms with Crippen molar-refractivity contribution in [3.05, 3.63) is 28.2 Å². The second-order valence-corrected chi connectivity index (χ2v) is 5.27. The van der Waals surface area contributed by atoms with Crippen molar-refractivity contribution in [2.24, 2.45) is 0 Å². The van der Waals surface area contributed by atoms with E-state index in [4.69, 9.17) is 5.11 Å². The van der Waals surface area contributed by atoms with Crippen LogP contribution in [0.4, 0.5) is 13.2 Å². The van der Waals surface area contributed by atoms with Crippen LogP contribution in [0.5, 0.6) is 5.75 Å². The Morgan fingerprint density at radius 1 is 1.43 bits per heavy atom. The summed E-state index contributed by atoms with van der Waals surface area (Å²) in [6.45, 7) is 2.73. The molecule has 0 spiro atoms. The van der Waals surface area contributed by atoms with Crippen LogP contribution >= 0.6 is 15.9 Å². The Kier molecular flexibility index (Phi) is 6.47. The highest BCUT2D eigenvalue weighted by atomic mass is 79.9. The highest BCUT2D eigenvalue weighted by molar-refractivity contribution is 9.10. The summed E-state index contributed by atoms with van der Waals surface area (Å²) < 4.78 is 40.5. The molecule has 21 heavy (non-hydrogen) atoms. The standard InChI is InChI=1S/C13H15BrF3NO3/c1-2-5-18(8-12(19)20)7-9-3-4-11(10(14)6-9)21-13(15,16)17/h3-4,6H,2,5,7-8H2,1H3,(H,19,20). The number of aliphatic carboxylic acids is 1. The molecule has 4 nitrogen and oxygen atoms in total. The smallest absolute Gasteiger partial charge is 0.480 e. The first-order valence-corrected chi connectivity index (χ1v) is 6.99. The van der Waals surface area contributed by atoms with Crippen LogP contribution in [0.2, 0.25) is 0 Å². The fraction of sp³-hybridized carbons (Fsp3) is 0.462. The predicted octanol–water partition coefficient (Wildman–Crippen LogP) is 3.64. The summed E-state index contributed by atoms with van der Waals surface area (Å²) in [6.07, 6.45) is -3.97. The number of rotatable bonds is 7. The molecule has 0 bridgehead atoms. The number of hydrogen-bond donors (Lipinski definition) is 1. The molecule has 1 aromatic carbocycles. The molecule has 118 valence electrons. The Morgan fingerprint density at radius 2 is 2.10 bits per heavy atom. The number of carboxylic acids is 1. The molecule has 0 saturated carbocycles. The van der Waals surface area contributed by atoms with E-state index in [-0.39, 0.29) is 16.8 Å². The summed E-state index contributed by atoms with van der Waals surface area (Å²) in [5, 5.41) is 8.82. The van der Waals surface area contributed by atoms with E-state index < -0.39 is 12.3 Å². The Bertz CT molecular complexity index is 494. The van der Waals surface area contributed by atoms with E-state index in [9.17, 15) is 18.0 Å². The van der Waals surface area contributed by atoms with E-state index in [1.165, 1.54) is 18.2 Å². The summed E-state index contributed by atoms with van der Waals surface area (Å²) in [5.41, 5.74) is 0.700. The molecule has 0 amide bonds. The molecule has 1 rings (SSSR count). The molecular formula is C13H15BrF3NO3. The molecule has 0 heterocycles. The van der Waals surface area contributed by atoms with Crippen molar-refractivity contribution in [2.45, 2.75) is 26.3 Å². The van der Waals surface area contributed by atoms with E-state index in [1.54, 1.807) is 4.90 Å². The minimum absolute atomic E-state index is 0.119. The lowest BCUT2D eigenvalue weighted by atomic mass is 10.2. The number of ether oxygens (including phenoxy) is 1. The van der Waals surface area contributed by atoms with Gasteiger partial charge in [0.1, 0.15) is 5.75 Å². The lowest BCUT2D eigenvalue weighted by molar-refractivity contribution is -0.274. The molecule has 0 fully saturated rings. The zero-order valence-corrected chi connectivity index (χ0v) is 12.9. The zero-order chi connectivity index (χ0) is 16.0. The summed E-state index contributed by atoms with van der Waals surface area (Å²) in [6, 6.07) is 4.18. The summed E-state index contributed by atoms with van der Waals surface area (Å²) in [5.74, 6) is -1.27. The second-order valence-electron chi connectivity index (χ2n) is 4.42. The van der Waals surface area contributed by atoms with Crippen LogP contribution in [0.15, 0.2) is 22.7 Å². The highest BCUT2D eigenvalue weighted by Gasteiger charge is 2.31. The molecule has 0 atom stereocenters. The van der Waals surface area contributed by atoms with Gasteiger partial charge in [0, 0.05) is 6.54 Å². The fourth-order valence-corrected chi connectivity index (χ4v) is 2.34. The van der Waals surface area contributed by atoms with Crippen molar-refractivity contribution >= 4 is 21.9 Å². The van der Waals surface area contributed by atoms with Crippen LogP contribution in [0.25, 0.3) is 0 Å². The van der Waals surface area contributed by atoms with Crippen LogP contribution < -0.4 is 4.74 Å². The maximum absolute atomic E-state index is 12.2. The van der Waals surface area contributed by atoms with Crippen LogP contribution in [-0.4, -0.2) is 35.4 Å². The number of nitrogens with zero attached hydrogens (tertiary/aromatic N) is 1. The SMILES string of the molecule is CCCN(CC(=O)O)Cc1ccc(OC(F)(F)F)c(Br)c1. The zero-order valence-electron chi connectivity index (χ0n) is 11.3. The van der Waals surface area contributed by atoms with Gasteiger partial charge in [-0.15, -0.1) is 13.2 Å². The van der Waals surface area contributed by atoms with Crippen LogP contribution in [0, 0.1) is 0 Å². The third-order valence-electron chi connectivity index (χ3n) is 2.53. The Morgan fingerprint density at radius 3 is 2.57 bits per heavy atom. The lowest BCUT2D eigenvalue weighted by Crippen LogP contribution is -2.30.